The summed E-state index contributed by atoms with van der Waals surface area (Å²) in [6.07, 6.45) is 3.69. The lowest BCUT2D eigenvalue weighted by molar-refractivity contribution is 0.0443. The minimum absolute atomic E-state index is 0.000000000000000444. The summed E-state index contributed by atoms with van der Waals surface area (Å²) >= 11 is 16.0. The van der Waals surface area contributed by atoms with Crippen LogP contribution in [0.15, 0.2) is 11.6 Å². The Kier molecular flexibility index (Phi) is 7.04. The normalized spacial score (nSPS) is 24.8. The predicted octanol–water partition coefficient (Wildman–Crippen LogP) is 3.28. The molecule has 0 bridgehead atoms. The van der Waals surface area contributed by atoms with Crippen molar-refractivity contribution in [2.75, 3.05) is 19.7 Å². The minimum Gasteiger partial charge on any atom is -0.371 e. The van der Waals surface area contributed by atoms with Crippen LogP contribution in [0.3, 0.4) is 0 Å². The van der Waals surface area contributed by atoms with E-state index in [1.165, 1.54) is 5.57 Å². The number of hydrogen-bond donors (Lipinski definition) is 2. The summed E-state index contributed by atoms with van der Waals surface area (Å²) in [6, 6.07) is 0. The zero-order valence-corrected chi connectivity index (χ0v) is 17.1. The smallest absolute Gasteiger partial charge is 0.227 e. The first kappa shape index (κ1) is 20.8. The maximum absolute atomic E-state index is 5.85. The Balaban J connectivity index is 0.000000212. The molecule has 9 heteroatoms. The van der Waals surface area contributed by atoms with E-state index in [1.54, 1.807) is 0 Å². The average molecular weight is 409 g/mol. The van der Waals surface area contributed by atoms with Gasteiger partial charge in [-0.1, -0.05) is 6.08 Å². The maximum atomic E-state index is 5.85. The second kappa shape index (κ2) is 8.46. The van der Waals surface area contributed by atoms with Crippen molar-refractivity contribution in [2.45, 2.75) is 51.3 Å². The van der Waals surface area contributed by atoms with Gasteiger partial charge in [-0.15, -0.1) is 0 Å². The molecule has 3 heterocycles. The molecule has 2 N–H and O–H groups in total. The molecular formula is C16H24Cl3N5O. The van der Waals surface area contributed by atoms with Crippen LogP contribution in [0, 0.1) is 0 Å². The maximum Gasteiger partial charge on any atom is 0.227 e. The van der Waals surface area contributed by atoms with Gasteiger partial charge in [0.25, 0.3) is 0 Å². The molecule has 1 saturated heterocycles. The first-order valence-electron chi connectivity index (χ1n) is 8.12. The van der Waals surface area contributed by atoms with Gasteiger partial charge in [0.1, 0.15) is 0 Å². The Morgan fingerprint density at radius 1 is 1.04 bits per heavy atom. The first-order chi connectivity index (χ1) is 11.6. The zero-order valence-electron chi connectivity index (χ0n) is 14.9. The molecule has 6 nitrogen and oxygen atoms in total. The van der Waals surface area contributed by atoms with Gasteiger partial charge in [0.15, 0.2) is 0 Å². The molecule has 0 aromatic carbocycles. The van der Waals surface area contributed by atoms with Crippen LogP contribution in [0.1, 0.15) is 34.1 Å². The highest BCUT2D eigenvalue weighted by Crippen LogP contribution is 2.30. The van der Waals surface area contributed by atoms with Gasteiger partial charge >= 0.3 is 0 Å². The van der Waals surface area contributed by atoms with E-state index in [-0.39, 0.29) is 33.0 Å². The summed E-state index contributed by atoms with van der Waals surface area (Å²) in [4.78, 5) is 10.4. The fourth-order valence-corrected chi connectivity index (χ4v) is 3.90. The highest BCUT2D eigenvalue weighted by Gasteiger charge is 2.35. The van der Waals surface area contributed by atoms with Crippen molar-refractivity contribution in [1.29, 1.82) is 0 Å². The van der Waals surface area contributed by atoms with Gasteiger partial charge in [-0.3, -0.25) is 0 Å². The lowest BCUT2D eigenvalue weighted by atomic mass is 9.81. The molecule has 2 aliphatic heterocycles. The second-order valence-electron chi connectivity index (χ2n) is 7.33. The van der Waals surface area contributed by atoms with Crippen LogP contribution in [-0.2, 0) is 4.74 Å². The molecule has 2 aliphatic rings. The summed E-state index contributed by atoms with van der Waals surface area (Å²) in [7, 11) is 0. The van der Waals surface area contributed by atoms with Crippen molar-refractivity contribution in [3.8, 4) is 0 Å². The van der Waals surface area contributed by atoms with E-state index >= 15 is 0 Å². The summed E-state index contributed by atoms with van der Waals surface area (Å²) in [6.45, 7) is 11.7. The van der Waals surface area contributed by atoms with E-state index < -0.39 is 0 Å². The largest absolute Gasteiger partial charge is 0.371 e. The van der Waals surface area contributed by atoms with Crippen LogP contribution < -0.4 is 10.6 Å². The van der Waals surface area contributed by atoms with Crippen molar-refractivity contribution in [3.05, 3.63) is 27.5 Å². The van der Waals surface area contributed by atoms with E-state index in [0.717, 1.165) is 26.1 Å². The third-order valence-corrected chi connectivity index (χ3v) is 4.25. The number of morpholine rings is 1. The van der Waals surface area contributed by atoms with E-state index in [4.69, 9.17) is 39.5 Å². The molecule has 0 amide bonds. The first-order valence-corrected chi connectivity index (χ1v) is 9.26. The fourth-order valence-electron chi connectivity index (χ4n) is 3.29. The predicted molar refractivity (Wildman–Crippen MR) is 101 cm³/mol. The van der Waals surface area contributed by atoms with E-state index in [9.17, 15) is 0 Å². The minimum atomic E-state index is 0.000000000000000444. The number of nitrogens with zero attached hydrogens (tertiary/aromatic N) is 3. The van der Waals surface area contributed by atoms with Gasteiger partial charge in [-0.25, -0.2) is 0 Å². The van der Waals surface area contributed by atoms with Crippen molar-refractivity contribution in [2.24, 2.45) is 0 Å². The van der Waals surface area contributed by atoms with E-state index in [0.29, 0.717) is 0 Å². The van der Waals surface area contributed by atoms with E-state index in [2.05, 4.69) is 59.4 Å². The van der Waals surface area contributed by atoms with Crippen LogP contribution in [0.2, 0.25) is 15.9 Å². The SMILES string of the molecule is CC1(C)C=C(C2CNCCO2)CC(C)(C)N1.Clc1nc(Cl)nc(Cl)n1. The Morgan fingerprint density at radius 3 is 2.04 bits per heavy atom. The summed E-state index contributed by atoms with van der Waals surface area (Å²) in [5, 5.41) is 7.05. The molecule has 1 aromatic rings. The lowest BCUT2D eigenvalue weighted by Crippen LogP contribution is -2.56. The van der Waals surface area contributed by atoms with Gasteiger partial charge in [-0.05, 0) is 74.5 Å². The number of hydrogen-bond acceptors (Lipinski definition) is 6. The standard InChI is InChI=1S/C13H24N2O.C3Cl3N3/c1-12(2)7-10(8-13(3,4)15-12)11-9-14-5-6-16-11;4-1-7-2(5)9-3(6)8-1/h7,11,14-15H,5-6,8-9H2,1-4H3;. The molecule has 1 unspecified atom stereocenters. The Hall–Kier alpha value is -0.500. The monoisotopic (exact) mass is 407 g/mol. The molecule has 3 rings (SSSR count). The zero-order chi connectivity index (χ0) is 18.7. The quantitative estimate of drug-likeness (QED) is 0.695. The molecule has 140 valence electrons. The van der Waals surface area contributed by atoms with Crippen LogP contribution in [0.5, 0.6) is 0 Å². The molecule has 25 heavy (non-hydrogen) atoms. The average Bonchev–Trinajstić information content (AvgIpc) is 2.44. The topological polar surface area (TPSA) is 72.0 Å². The highest BCUT2D eigenvalue weighted by atomic mass is 35.5. The fraction of sp³-hybridized carbons (Fsp3) is 0.688. The van der Waals surface area contributed by atoms with Crippen LogP contribution in [0.25, 0.3) is 0 Å². The van der Waals surface area contributed by atoms with Gasteiger partial charge < -0.3 is 15.4 Å². The molecule has 0 saturated carbocycles. The molecule has 1 aromatic heterocycles. The Labute approximate surface area is 163 Å². The van der Waals surface area contributed by atoms with Crippen LogP contribution in [0.4, 0.5) is 0 Å². The van der Waals surface area contributed by atoms with E-state index in [1.807, 2.05) is 0 Å². The van der Waals surface area contributed by atoms with Gasteiger partial charge in [0.05, 0.1) is 12.7 Å². The molecule has 1 fully saturated rings. The number of ether oxygens (including phenoxy) is 1. The third kappa shape index (κ3) is 6.96. The number of rotatable bonds is 1. The number of nitrogens with one attached hydrogen (secondary N) is 2. The molecular weight excluding hydrogens is 385 g/mol. The van der Waals surface area contributed by atoms with Gasteiger partial charge in [0, 0.05) is 24.2 Å². The van der Waals surface area contributed by atoms with Crippen molar-refractivity contribution in [1.82, 2.24) is 25.6 Å². The summed E-state index contributed by atoms with van der Waals surface area (Å²) < 4.78 is 5.85. The van der Waals surface area contributed by atoms with Crippen molar-refractivity contribution >= 4 is 34.8 Å². The summed E-state index contributed by atoms with van der Waals surface area (Å²) in [5.74, 6) is 0. The lowest BCUT2D eigenvalue weighted by Gasteiger charge is -2.43. The highest BCUT2D eigenvalue weighted by molar-refractivity contribution is 6.33. The molecule has 1 atom stereocenters. The Morgan fingerprint density at radius 2 is 1.60 bits per heavy atom. The third-order valence-electron chi connectivity index (χ3n) is 3.75. The van der Waals surface area contributed by atoms with Crippen molar-refractivity contribution in [3.63, 3.8) is 0 Å². The Bertz CT molecular complexity index is 580. The van der Waals surface area contributed by atoms with Crippen LogP contribution in [-0.4, -0.2) is 51.8 Å². The van der Waals surface area contributed by atoms with Crippen molar-refractivity contribution < 1.29 is 4.74 Å². The molecule has 0 radical (unpaired) electrons. The molecule has 0 spiro atoms. The van der Waals surface area contributed by atoms with Gasteiger partial charge in [-0.2, -0.15) is 15.0 Å². The van der Waals surface area contributed by atoms with Crippen LogP contribution >= 0.6 is 34.8 Å². The summed E-state index contributed by atoms with van der Waals surface area (Å²) in [5.41, 5.74) is 1.67. The number of aromatic nitrogens is 3. The number of halogens is 3. The molecule has 0 aliphatic carbocycles. The second-order valence-corrected chi connectivity index (χ2v) is 8.35. The van der Waals surface area contributed by atoms with Gasteiger partial charge in [0.2, 0.25) is 15.9 Å².